The van der Waals surface area contributed by atoms with E-state index in [1.807, 2.05) is 0 Å². The van der Waals surface area contributed by atoms with E-state index < -0.39 is 9.84 Å². The Morgan fingerprint density at radius 3 is 2.62 bits per heavy atom. The summed E-state index contributed by atoms with van der Waals surface area (Å²) in [4.78, 5) is 6.75. The van der Waals surface area contributed by atoms with Crippen LogP contribution < -0.4 is 10.2 Å². The van der Waals surface area contributed by atoms with Gasteiger partial charge in [0.25, 0.3) is 0 Å². The van der Waals surface area contributed by atoms with Crippen LogP contribution in [0.2, 0.25) is 0 Å². The molecule has 2 heterocycles. The average Bonchev–Trinajstić information content (AvgIpc) is 3.29. The fraction of sp³-hybridized carbons (Fsp3) is 0.667. The van der Waals surface area contributed by atoms with Crippen LogP contribution in [0.1, 0.15) is 25.7 Å². The van der Waals surface area contributed by atoms with Crippen LogP contribution in [0.5, 0.6) is 0 Å². The molecule has 1 aliphatic carbocycles. The number of hydrogen-bond acceptors (Lipinski definition) is 5. The number of anilines is 1. The molecule has 6 heteroatoms. The van der Waals surface area contributed by atoms with Crippen molar-refractivity contribution in [2.75, 3.05) is 30.8 Å². The van der Waals surface area contributed by atoms with Crippen molar-refractivity contribution >= 4 is 15.7 Å². The van der Waals surface area contributed by atoms with Gasteiger partial charge in [0.1, 0.15) is 10.7 Å². The Morgan fingerprint density at radius 2 is 2.00 bits per heavy atom. The summed E-state index contributed by atoms with van der Waals surface area (Å²) in [7, 11) is -3.23. The lowest BCUT2D eigenvalue weighted by molar-refractivity contribution is 0.406. The molecule has 1 N–H and O–H groups in total. The molecule has 1 aromatic rings. The van der Waals surface area contributed by atoms with Gasteiger partial charge in [0.15, 0.2) is 9.84 Å². The zero-order chi connectivity index (χ0) is 14.9. The summed E-state index contributed by atoms with van der Waals surface area (Å²) in [6.07, 6.45) is 7.76. The van der Waals surface area contributed by atoms with Gasteiger partial charge in [-0.25, -0.2) is 13.4 Å². The van der Waals surface area contributed by atoms with Gasteiger partial charge in [-0.05, 0) is 50.3 Å². The van der Waals surface area contributed by atoms with Crippen LogP contribution in [0.4, 0.5) is 5.82 Å². The van der Waals surface area contributed by atoms with E-state index in [2.05, 4.69) is 15.2 Å². The monoisotopic (exact) mass is 309 g/mol. The lowest BCUT2D eigenvalue weighted by atomic mass is 10.0. The Morgan fingerprint density at radius 1 is 1.29 bits per heavy atom. The average molecular weight is 309 g/mol. The first-order chi connectivity index (χ1) is 10.0. The Hall–Kier alpha value is -1.14. The standard InChI is InChI=1S/C15H23N3O2S/c1-21(19,20)14-3-2-8-16-15(14)18-9-6-13(7-10-18)17-11-12-4-5-12/h2-3,8,12-13,17H,4-7,9-11H2,1H3. The van der Waals surface area contributed by atoms with Gasteiger partial charge in [-0.1, -0.05) is 0 Å². The Kier molecular flexibility index (Phi) is 4.17. The lowest BCUT2D eigenvalue weighted by Crippen LogP contribution is -2.43. The first-order valence-corrected chi connectivity index (χ1v) is 9.56. The number of hydrogen-bond donors (Lipinski definition) is 1. The second kappa shape index (κ2) is 5.93. The molecular weight excluding hydrogens is 286 g/mol. The molecule has 2 fully saturated rings. The van der Waals surface area contributed by atoms with Crippen LogP contribution in [0, 0.1) is 5.92 Å². The van der Waals surface area contributed by atoms with Gasteiger partial charge < -0.3 is 10.2 Å². The molecule has 0 radical (unpaired) electrons. The Labute approximate surface area is 126 Å². The molecule has 116 valence electrons. The van der Waals surface area contributed by atoms with Crippen molar-refractivity contribution in [3.8, 4) is 0 Å². The summed E-state index contributed by atoms with van der Waals surface area (Å²) in [6.45, 7) is 2.87. The third-order valence-corrected chi connectivity index (χ3v) is 5.45. The number of nitrogens with one attached hydrogen (secondary N) is 1. The zero-order valence-electron chi connectivity index (χ0n) is 12.5. The van der Waals surface area contributed by atoms with Crippen LogP contribution in [0.25, 0.3) is 0 Å². The van der Waals surface area contributed by atoms with E-state index >= 15 is 0 Å². The first-order valence-electron chi connectivity index (χ1n) is 7.67. The largest absolute Gasteiger partial charge is 0.355 e. The summed E-state index contributed by atoms with van der Waals surface area (Å²) in [5, 5.41) is 3.64. The molecule has 0 amide bonds. The molecule has 5 nitrogen and oxygen atoms in total. The summed E-state index contributed by atoms with van der Waals surface area (Å²) in [6, 6.07) is 3.89. The van der Waals surface area contributed by atoms with Gasteiger partial charge in [-0.15, -0.1) is 0 Å². The molecule has 1 aromatic heterocycles. The van der Waals surface area contributed by atoms with Crippen molar-refractivity contribution in [1.82, 2.24) is 10.3 Å². The molecule has 0 spiro atoms. The maximum absolute atomic E-state index is 11.9. The summed E-state index contributed by atoms with van der Waals surface area (Å²) in [5.74, 6) is 1.51. The SMILES string of the molecule is CS(=O)(=O)c1cccnc1N1CCC(NCC2CC2)CC1. The minimum absolute atomic E-state index is 0.342. The zero-order valence-corrected chi connectivity index (χ0v) is 13.3. The highest BCUT2D eigenvalue weighted by Crippen LogP contribution is 2.29. The summed E-state index contributed by atoms with van der Waals surface area (Å²) < 4.78 is 23.7. The number of piperidine rings is 1. The summed E-state index contributed by atoms with van der Waals surface area (Å²) in [5.41, 5.74) is 0. The number of sulfone groups is 1. The van der Waals surface area contributed by atoms with Gasteiger partial charge in [0, 0.05) is 31.6 Å². The minimum Gasteiger partial charge on any atom is -0.355 e. The van der Waals surface area contributed by atoms with E-state index in [-0.39, 0.29) is 0 Å². The second-order valence-electron chi connectivity index (χ2n) is 6.21. The van der Waals surface area contributed by atoms with Gasteiger partial charge in [-0.2, -0.15) is 0 Å². The van der Waals surface area contributed by atoms with Gasteiger partial charge >= 0.3 is 0 Å². The van der Waals surface area contributed by atoms with Crippen molar-refractivity contribution in [2.45, 2.75) is 36.6 Å². The minimum atomic E-state index is -3.23. The van der Waals surface area contributed by atoms with Gasteiger partial charge in [-0.3, -0.25) is 0 Å². The molecule has 0 bridgehead atoms. The van der Waals surface area contributed by atoms with Crippen molar-refractivity contribution in [1.29, 1.82) is 0 Å². The van der Waals surface area contributed by atoms with Crippen molar-refractivity contribution in [3.05, 3.63) is 18.3 Å². The van der Waals surface area contributed by atoms with E-state index in [1.165, 1.54) is 19.1 Å². The lowest BCUT2D eigenvalue weighted by Gasteiger charge is -2.34. The van der Waals surface area contributed by atoms with Crippen molar-refractivity contribution in [2.24, 2.45) is 5.92 Å². The smallest absolute Gasteiger partial charge is 0.179 e. The molecule has 0 atom stereocenters. The first kappa shape index (κ1) is 14.8. The highest BCUT2D eigenvalue weighted by Gasteiger charge is 2.26. The molecule has 0 unspecified atom stereocenters. The topological polar surface area (TPSA) is 62.3 Å². The van der Waals surface area contributed by atoms with E-state index in [0.717, 1.165) is 38.4 Å². The second-order valence-corrected chi connectivity index (χ2v) is 8.19. The predicted octanol–water partition coefficient (Wildman–Crippen LogP) is 1.45. The highest BCUT2D eigenvalue weighted by molar-refractivity contribution is 7.90. The number of nitrogens with zero attached hydrogens (tertiary/aromatic N) is 2. The maximum Gasteiger partial charge on any atom is 0.179 e. The summed E-state index contributed by atoms with van der Waals surface area (Å²) >= 11 is 0. The van der Waals surface area contributed by atoms with E-state index in [4.69, 9.17) is 0 Å². The molecule has 1 saturated heterocycles. The molecule has 0 aromatic carbocycles. The normalized spacial score (nSPS) is 20.7. The van der Waals surface area contributed by atoms with E-state index in [9.17, 15) is 8.42 Å². The van der Waals surface area contributed by atoms with Crippen LogP contribution in [-0.4, -0.2) is 45.3 Å². The van der Waals surface area contributed by atoms with Gasteiger partial charge in [0.2, 0.25) is 0 Å². The van der Waals surface area contributed by atoms with Crippen molar-refractivity contribution < 1.29 is 8.42 Å². The van der Waals surface area contributed by atoms with Crippen LogP contribution in [0.15, 0.2) is 23.2 Å². The number of pyridine rings is 1. The molecule has 3 rings (SSSR count). The quantitative estimate of drug-likeness (QED) is 0.892. The van der Waals surface area contributed by atoms with Crippen LogP contribution in [-0.2, 0) is 9.84 Å². The fourth-order valence-corrected chi connectivity index (χ4v) is 3.70. The molecule has 1 saturated carbocycles. The molecule has 1 aliphatic heterocycles. The molecule has 21 heavy (non-hydrogen) atoms. The fourth-order valence-electron chi connectivity index (χ4n) is 2.86. The predicted molar refractivity (Wildman–Crippen MR) is 83.3 cm³/mol. The maximum atomic E-state index is 11.9. The third kappa shape index (κ3) is 3.74. The van der Waals surface area contributed by atoms with Crippen LogP contribution in [0.3, 0.4) is 0 Å². The highest BCUT2D eigenvalue weighted by atomic mass is 32.2. The number of rotatable bonds is 5. The molecular formula is C15H23N3O2S. The van der Waals surface area contributed by atoms with E-state index in [1.54, 1.807) is 18.3 Å². The molecule has 2 aliphatic rings. The number of aromatic nitrogens is 1. The Bertz CT molecular complexity index is 591. The van der Waals surface area contributed by atoms with Crippen LogP contribution >= 0.6 is 0 Å². The van der Waals surface area contributed by atoms with Gasteiger partial charge in [0.05, 0.1) is 0 Å². The van der Waals surface area contributed by atoms with E-state index in [0.29, 0.717) is 16.8 Å². The Balaban J connectivity index is 1.64. The third-order valence-electron chi connectivity index (χ3n) is 4.34. The van der Waals surface area contributed by atoms with Crippen molar-refractivity contribution in [3.63, 3.8) is 0 Å².